The van der Waals surface area contributed by atoms with Crippen LogP contribution in [0, 0.1) is 12.7 Å². The van der Waals surface area contributed by atoms with Gasteiger partial charge in [-0.3, -0.25) is 4.79 Å². The lowest BCUT2D eigenvalue weighted by molar-refractivity contribution is -0.142. The Morgan fingerprint density at radius 3 is 2.55 bits per heavy atom. The van der Waals surface area contributed by atoms with E-state index in [-0.39, 0.29) is 29.3 Å². The molecule has 31 heavy (non-hydrogen) atoms. The third-order valence-corrected chi connectivity index (χ3v) is 7.05. The molecule has 0 amide bonds. The lowest BCUT2D eigenvalue weighted by Gasteiger charge is -2.34. The van der Waals surface area contributed by atoms with Crippen molar-refractivity contribution in [3.8, 4) is 11.6 Å². The average Bonchev–Trinajstić information content (AvgIpc) is 2.76. The minimum atomic E-state index is -4.25. The first kappa shape index (κ1) is 21.0. The Morgan fingerprint density at radius 2 is 1.90 bits per heavy atom. The largest absolute Gasteiger partial charge is 0.480 e. The number of fused-ring (bicyclic) bond motifs is 1. The van der Waals surface area contributed by atoms with E-state index in [4.69, 9.17) is 4.74 Å². The number of para-hydroxylation sites is 1. The fourth-order valence-electron chi connectivity index (χ4n) is 3.70. The molecule has 0 fully saturated rings. The highest BCUT2D eigenvalue weighted by atomic mass is 32.2. The molecule has 0 saturated carbocycles. The second-order valence-corrected chi connectivity index (χ2v) is 9.00. The van der Waals surface area contributed by atoms with E-state index in [0.717, 1.165) is 22.1 Å². The standard InChI is InChI=1S/C22H19FN2O5S/c1-14-7-9-18(23)20-17(14)11-12-25(21(20)22(26)27)31(28,29)16-8-10-19(24-13-16)30-15-5-3-2-4-6-15/h2-10,13,21H,11-12H2,1H3,(H,26,27). The number of carbonyl (C=O) groups is 1. The smallest absolute Gasteiger partial charge is 0.326 e. The maximum atomic E-state index is 14.6. The van der Waals surface area contributed by atoms with E-state index in [1.807, 2.05) is 6.07 Å². The van der Waals surface area contributed by atoms with Crippen LogP contribution in [0.5, 0.6) is 11.6 Å². The molecule has 1 aromatic heterocycles. The molecule has 1 aliphatic heterocycles. The van der Waals surface area contributed by atoms with Crippen molar-refractivity contribution in [3.05, 3.63) is 83.3 Å². The molecule has 0 saturated heterocycles. The van der Waals surface area contributed by atoms with Crippen molar-refractivity contribution < 1.29 is 27.4 Å². The molecule has 1 N–H and O–H groups in total. The van der Waals surface area contributed by atoms with Gasteiger partial charge in [0.05, 0.1) is 6.20 Å². The summed E-state index contributed by atoms with van der Waals surface area (Å²) in [6.07, 6.45) is 1.32. The average molecular weight is 442 g/mol. The van der Waals surface area contributed by atoms with Crippen LogP contribution >= 0.6 is 0 Å². The van der Waals surface area contributed by atoms with E-state index in [2.05, 4.69) is 4.98 Å². The monoisotopic (exact) mass is 442 g/mol. The highest BCUT2D eigenvalue weighted by molar-refractivity contribution is 7.89. The number of benzene rings is 2. The first-order chi connectivity index (χ1) is 14.8. The molecule has 0 aliphatic carbocycles. The van der Waals surface area contributed by atoms with Crippen molar-refractivity contribution >= 4 is 16.0 Å². The normalized spacial score (nSPS) is 16.5. The number of aliphatic carboxylic acids is 1. The maximum Gasteiger partial charge on any atom is 0.326 e. The van der Waals surface area contributed by atoms with Gasteiger partial charge in [0, 0.05) is 18.2 Å². The molecule has 1 aliphatic rings. The van der Waals surface area contributed by atoms with Gasteiger partial charge in [-0.15, -0.1) is 0 Å². The van der Waals surface area contributed by atoms with E-state index < -0.39 is 27.9 Å². The van der Waals surface area contributed by atoms with Crippen LogP contribution in [0.25, 0.3) is 0 Å². The second kappa shape index (κ2) is 8.09. The molecular weight excluding hydrogens is 423 g/mol. The third kappa shape index (κ3) is 3.89. The van der Waals surface area contributed by atoms with Crippen molar-refractivity contribution in [2.24, 2.45) is 0 Å². The van der Waals surface area contributed by atoms with Crippen LogP contribution < -0.4 is 4.74 Å². The summed E-state index contributed by atoms with van der Waals surface area (Å²) in [7, 11) is -4.25. The highest BCUT2D eigenvalue weighted by Gasteiger charge is 2.42. The van der Waals surface area contributed by atoms with Gasteiger partial charge in [-0.2, -0.15) is 4.31 Å². The second-order valence-electron chi connectivity index (χ2n) is 7.11. The van der Waals surface area contributed by atoms with E-state index in [1.165, 1.54) is 12.1 Å². The first-order valence-electron chi connectivity index (χ1n) is 9.50. The van der Waals surface area contributed by atoms with Gasteiger partial charge < -0.3 is 9.84 Å². The quantitative estimate of drug-likeness (QED) is 0.647. The van der Waals surface area contributed by atoms with Gasteiger partial charge >= 0.3 is 5.97 Å². The van der Waals surface area contributed by atoms with Crippen molar-refractivity contribution in [1.29, 1.82) is 0 Å². The zero-order valence-electron chi connectivity index (χ0n) is 16.5. The Morgan fingerprint density at radius 1 is 1.16 bits per heavy atom. The number of hydrogen-bond donors (Lipinski definition) is 1. The predicted octanol–water partition coefficient (Wildman–Crippen LogP) is 3.69. The molecule has 160 valence electrons. The maximum absolute atomic E-state index is 14.6. The van der Waals surface area contributed by atoms with Gasteiger partial charge in [0.1, 0.15) is 16.5 Å². The molecule has 4 rings (SSSR count). The molecule has 0 bridgehead atoms. The molecule has 1 atom stereocenters. The van der Waals surface area contributed by atoms with Crippen LogP contribution in [-0.4, -0.2) is 35.3 Å². The summed E-state index contributed by atoms with van der Waals surface area (Å²) in [6.45, 7) is 1.66. The molecule has 0 radical (unpaired) electrons. The zero-order chi connectivity index (χ0) is 22.2. The Labute approximate surface area is 178 Å². The number of hydrogen-bond acceptors (Lipinski definition) is 5. The van der Waals surface area contributed by atoms with Crippen LogP contribution in [0.3, 0.4) is 0 Å². The van der Waals surface area contributed by atoms with Crippen molar-refractivity contribution in [3.63, 3.8) is 0 Å². The topological polar surface area (TPSA) is 96.8 Å². The number of carboxylic acids is 1. The van der Waals surface area contributed by atoms with Gasteiger partial charge in [-0.05, 0) is 48.7 Å². The fraction of sp³-hybridized carbons (Fsp3) is 0.182. The Hall–Kier alpha value is -3.30. The van der Waals surface area contributed by atoms with Crippen LogP contribution in [0.4, 0.5) is 4.39 Å². The number of pyridine rings is 1. The molecule has 3 aromatic rings. The van der Waals surface area contributed by atoms with Crippen LogP contribution in [-0.2, 0) is 21.2 Å². The zero-order valence-corrected chi connectivity index (χ0v) is 17.3. The number of aryl methyl sites for hydroxylation is 1. The van der Waals surface area contributed by atoms with E-state index in [0.29, 0.717) is 11.3 Å². The predicted molar refractivity (Wildman–Crippen MR) is 110 cm³/mol. The summed E-state index contributed by atoms with van der Waals surface area (Å²) in [4.78, 5) is 15.9. The van der Waals surface area contributed by atoms with E-state index in [9.17, 15) is 22.7 Å². The number of sulfonamides is 1. The van der Waals surface area contributed by atoms with Gasteiger partial charge in [-0.1, -0.05) is 24.3 Å². The molecule has 0 spiro atoms. The lowest BCUT2D eigenvalue weighted by Crippen LogP contribution is -2.44. The summed E-state index contributed by atoms with van der Waals surface area (Å²) in [5, 5.41) is 9.78. The highest BCUT2D eigenvalue weighted by Crippen LogP contribution is 2.37. The minimum absolute atomic E-state index is 0.0845. The van der Waals surface area contributed by atoms with Gasteiger partial charge in [-0.25, -0.2) is 17.8 Å². The van der Waals surface area contributed by atoms with Crippen molar-refractivity contribution in [1.82, 2.24) is 9.29 Å². The fourth-order valence-corrected chi connectivity index (χ4v) is 5.20. The number of aromatic nitrogens is 1. The van der Waals surface area contributed by atoms with Crippen molar-refractivity contribution in [2.75, 3.05) is 6.54 Å². The minimum Gasteiger partial charge on any atom is -0.480 e. The third-order valence-electron chi connectivity index (χ3n) is 5.20. The van der Waals surface area contributed by atoms with Crippen LogP contribution in [0.2, 0.25) is 0 Å². The molecule has 9 heteroatoms. The number of ether oxygens (including phenoxy) is 1. The van der Waals surface area contributed by atoms with Crippen molar-refractivity contribution in [2.45, 2.75) is 24.3 Å². The molecule has 2 aromatic carbocycles. The Bertz CT molecular complexity index is 1230. The molecule has 1 unspecified atom stereocenters. The van der Waals surface area contributed by atoms with Gasteiger partial charge in [0.15, 0.2) is 6.04 Å². The number of nitrogens with zero attached hydrogens (tertiary/aromatic N) is 2. The van der Waals surface area contributed by atoms with Crippen LogP contribution in [0.1, 0.15) is 22.7 Å². The lowest BCUT2D eigenvalue weighted by atomic mass is 9.90. The van der Waals surface area contributed by atoms with Crippen LogP contribution in [0.15, 0.2) is 65.7 Å². The number of carboxylic acid groups (broad SMARTS) is 1. The van der Waals surface area contributed by atoms with Gasteiger partial charge in [0.25, 0.3) is 0 Å². The summed E-state index contributed by atoms with van der Waals surface area (Å²) in [5.74, 6) is -1.45. The van der Waals surface area contributed by atoms with Gasteiger partial charge in [0.2, 0.25) is 15.9 Å². The molecule has 2 heterocycles. The number of halogens is 1. The number of rotatable bonds is 5. The summed E-state index contributed by atoms with van der Waals surface area (Å²) >= 11 is 0. The van der Waals surface area contributed by atoms with E-state index >= 15 is 0 Å². The molecule has 7 nitrogen and oxygen atoms in total. The Kier molecular flexibility index (Phi) is 5.47. The Balaban J connectivity index is 1.68. The summed E-state index contributed by atoms with van der Waals surface area (Å²) < 4.78 is 47.4. The van der Waals surface area contributed by atoms with E-state index in [1.54, 1.807) is 37.3 Å². The SMILES string of the molecule is Cc1ccc(F)c2c1CCN(S(=O)(=O)c1ccc(Oc3ccccc3)nc1)C2C(=O)O. The molecular formula is C22H19FN2O5S. The summed E-state index contributed by atoms with van der Waals surface area (Å²) in [5.41, 5.74) is 1.15. The first-order valence-corrected chi connectivity index (χ1v) is 10.9. The summed E-state index contributed by atoms with van der Waals surface area (Å²) in [6, 6.07) is 12.6.